The first-order chi connectivity index (χ1) is 9.15. The molecule has 19 heavy (non-hydrogen) atoms. The molecule has 0 aliphatic rings. The molecule has 5 nitrogen and oxygen atoms in total. The van der Waals surface area contributed by atoms with Crippen LogP contribution in [-0.2, 0) is 14.3 Å². The van der Waals surface area contributed by atoms with Gasteiger partial charge in [-0.1, -0.05) is 12.1 Å². The van der Waals surface area contributed by atoms with E-state index in [0.29, 0.717) is 19.6 Å². The number of carbonyl (C=O) groups is 1. The first kappa shape index (κ1) is 15.5. The highest BCUT2D eigenvalue weighted by Crippen LogP contribution is 2.12. The highest BCUT2D eigenvalue weighted by Gasteiger charge is 2.07. The molecule has 0 saturated carbocycles. The molecule has 0 fully saturated rings. The molecule has 0 radical (unpaired) electrons. The van der Waals surface area contributed by atoms with Gasteiger partial charge >= 0.3 is 0 Å². The van der Waals surface area contributed by atoms with E-state index in [9.17, 15) is 4.79 Å². The molecule has 0 heterocycles. The molecule has 1 amide bonds. The Labute approximate surface area is 113 Å². The van der Waals surface area contributed by atoms with E-state index in [-0.39, 0.29) is 5.91 Å². The van der Waals surface area contributed by atoms with Crippen molar-refractivity contribution in [2.45, 2.75) is 19.6 Å². The molecule has 0 aromatic heterocycles. The number of hydrogen-bond acceptors (Lipinski definition) is 4. The summed E-state index contributed by atoms with van der Waals surface area (Å²) >= 11 is 0. The number of methoxy groups -OCH3 is 2. The second-order valence-corrected chi connectivity index (χ2v) is 4.12. The van der Waals surface area contributed by atoms with Crippen LogP contribution in [0.2, 0.25) is 0 Å². The fourth-order valence-electron chi connectivity index (χ4n) is 1.52. The van der Waals surface area contributed by atoms with E-state index in [1.54, 1.807) is 0 Å². The van der Waals surface area contributed by atoms with Crippen molar-refractivity contribution in [1.82, 2.24) is 5.32 Å². The third-order valence-electron chi connectivity index (χ3n) is 2.58. The fourth-order valence-corrected chi connectivity index (χ4v) is 1.52. The van der Waals surface area contributed by atoms with E-state index in [2.05, 4.69) is 5.32 Å². The van der Waals surface area contributed by atoms with Gasteiger partial charge in [-0.05, 0) is 24.6 Å². The van der Waals surface area contributed by atoms with Gasteiger partial charge in [-0.2, -0.15) is 0 Å². The smallest absolute Gasteiger partial charge is 0.223 e. The third kappa shape index (κ3) is 6.22. The number of aryl methyl sites for hydroxylation is 1. The van der Waals surface area contributed by atoms with Crippen LogP contribution < -0.4 is 10.1 Å². The molecule has 5 heteroatoms. The van der Waals surface area contributed by atoms with Crippen molar-refractivity contribution in [3.8, 4) is 5.75 Å². The third-order valence-corrected chi connectivity index (χ3v) is 2.58. The first-order valence-corrected chi connectivity index (χ1v) is 6.17. The molecule has 1 N–H and O–H groups in total. The maximum Gasteiger partial charge on any atom is 0.223 e. The molecule has 0 saturated heterocycles. The molecular formula is C14H21NO4. The molecule has 0 unspecified atom stereocenters. The summed E-state index contributed by atoms with van der Waals surface area (Å²) in [6, 6.07) is 7.72. The highest BCUT2D eigenvalue weighted by atomic mass is 16.7. The summed E-state index contributed by atoms with van der Waals surface area (Å²) in [6.45, 7) is 2.67. The van der Waals surface area contributed by atoms with E-state index in [4.69, 9.17) is 14.2 Å². The van der Waals surface area contributed by atoms with Crippen LogP contribution in [-0.4, -0.2) is 39.6 Å². The number of ether oxygens (including phenoxy) is 3. The number of benzene rings is 1. The van der Waals surface area contributed by atoms with Gasteiger partial charge in [0.25, 0.3) is 0 Å². The highest BCUT2D eigenvalue weighted by molar-refractivity contribution is 5.75. The molecule has 0 atom stereocenters. The molecule has 1 rings (SSSR count). The predicted molar refractivity (Wildman–Crippen MR) is 72.1 cm³/mol. The Hall–Kier alpha value is -1.59. The van der Waals surface area contributed by atoms with Gasteiger partial charge in [0.15, 0.2) is 6.29 Å². The van der Waals surface area contributed by atoms with Crippen LogP contribution in [0.15, 0.2) is 24.3 Å². The van der Waals surface area contributed by atoms with Gasteiger partial charge in [0, 0.05) is 14.2 Å². The van der Waals surface area contributed by atoms with Crippen molar-refractivity contribution in [2.75, 3.05) is 27.4 Å². The molecular weight excluding hydrogens is 246 g/mol. The van der Waals surface area contributed by atoms with Crippen LogP contribution in [0.5, 0.6) is 5.75 Å². The number of carbonyl (C=O) groups excluding carboxylic acids is 1. The quantitative estimate of drug-likeness (QED) is 0.725. The second-order valence-electron chi connectivity index (χ2n) is 4.12. The maximum atomic E-state index is 11.5. The van der Waals surface area contributed by atoms with Gasteiger partial charge in [0.2, 0.25) is 5.91 Å². The normalized spacial score (nSPS) is 10.5. The minimum Gasteiger partial charge on any atom is -0.493 e. The van der Waals surface area contributed by atoms with Gasteiger partial charge < -0.3 is 19.5 Å². The average Bonchev–Trinajstić information content (AvgIpc) is 2.40. The van der Waals surface area contributed by atoms with Crippen LogP contribution in [0.3, 0.4) is 0 Å². The Kier molecular flexibility index (Phi) is 6.92. The number of rotatable bonds is 8. The summed E-state index contributed by atoms with van der Waals surface area (Å²) in [5, 5.41) is 2.71. The lowest BCUT2D eigenvalue weighted by molar-refractivity contribution is -0.127. The van der Waals surface area contributed by atoms with Crippen LogP contribution in [0.25, 0.3) is 0 Å². The van der Waals surface area contributed by atoms with Gasteiger partial charge in [-0.15, -0.1) is 0 Å². The minimum absolute atomic E-state index is 0.0910. The monoisotopic (exact) mass is 267 g/mol. The lowest BCUT2D eigenvalue weighted by atomic mass is 10.2. The first-order valence-electron chi connectivity index (χ1n) is 6.17. The van der Waals surface area contributed by atoms with Crippen molar-refractivity contribution >= 4 is 5.91 Å². The zero-order valence-electron chi connectivity index (χ0n) is 11.6. The fraction of sp³-hybridized carbons (Fsp3) is 0.500. The lowest BCUT2D eigenvalue weighted by Gasteiger charge is -2.14. The Bertz CT molecular complexity index is 391. The predicted octanol–water partition coefficient (Wildman–Crippen LogP) is 1.50. The summed E-state index contributed by atoms with van der Waals surface area (Å²) in [7, 11) is 3.06. The molecule has 1 aromatic rings. The van der Waals surface area contributed by atoms with E-state index in [1.807, 2.05) is 31.2 Å². The van der Waals surface area contributed by atoms with Crippen LogP contribution >= 0.6 is 0 Å². The zero-order valence-corrected chi connectivity index (χ0v) is 11.6. The van der Waals surface area contributed by atoms with Crippen LogP contribution in [0.4, 0.5) is 0 Å². The van der Waals surface area contributed by atoms with Gasteiger partial charge in [0.05, 0.1) is 19.6 Å². The zero-order chi connectivity index (χ0) is 14.1. The number of hydrogen-bond donors (Lipinski definition) is 1. The van der Waals surface area contributed by atoms with Crippen LogP contribution in [0.1, 0.15) is 12.0 Å². The molecule has 0 aliphatic carbocycles. The summed E-state index contributed by atoms with van der Waals surface area (Å²) in [5.74, 6) is 0.686. The van der Waals surface area contributed by atoms with Crippen molar-refractivity contribution in [3.05, 3.63) is 29.8 Å². The lowest BCUT2D eigenvalue weighted by Crippen LogP contribution is -2.34. The summed E-state index contributed by atoms with van der Waals surface area (Å²) in [6.07, 6.45) is -0.115. The van der Waals surface area contributed by atoms with Gasteiger partial charge in [0.1, 0.15) is 5.75 Å². The largest absolute Gasteiger partial charge is 0.493 e. The molecule has 0 spiro atoms. The Morgan fingerprint density at radius 1 is 1.32 bits per heavy atom. The standard InChI is InChI=1S/C14H21NO4/c1-11-5-4-6-12(9-11)19-8-7-13(16)15-10-14(17-2)18-3/h4-6,9,14H,7-8,10H2,1-3H3,(H,15,16). The summed E-state index contributed by atoms with van der Waals surface area (Å²) < 4.78 is 15.4. The minimum atomic E-state index is -0.415. The van der Waals surface area contributed by atoms with Crippen molar-refractivity contribution in [1.29, 1.82) is 0 Å². The topological polar surface area (TPSA) is 56.8 Å². The Balaban J connectivity index is 2.20. The summed E-state index contributed by atoms with van der Waals surface area (Å²) in [5.41, 5.74) is 1.13. The molecule has 1 aromatic carbocycles. The van der Waals surface area contributed by atoms with Gasteiger partial charge in [-0.3, -0.25) is 4.79 Å². The SMILES string of the molecule is COC(CNC(=O)CCOc1cccc(C)c1)OC. The van der Waals surface area contributed by atoms with Gasteiger partial charge in [-0.25, -0.2) is 0 Å². The van der Waals surface area contributed by atoms with Crippen molar-refractivity contribution < 1.29 is 19.0 Å². The van der Waals surface area contributed by atoms with Crippen molar-refractivity contribution in [3.63, 3.8) is 0 Å². The Morgan fingerprint density at radius 2 is 2.05 bits per heavy atom. The summed E-state index contributed by atoms with van der Waals surface area (Å²) in [4.78, 5) is 11.5. The molecule has 0 bridgehead atoms. The number of amides is 1. The van der Waals surface area contributed by atoms with Crippen LogP contribution in [0, 0.1) is 6.92 Å². The van der Waals surface area contributed by atoms with Crippen molar-refractivity contribution in [2.24, 2.45) is 0 Å². The second kappa shape index (κ2) is 8.50. The van der Waals surface area contributed by atoms with E-state index in [1.165, 1.54) is 14.2 Å². The van der Waals surface area contributed by atoms with E-state index >= 15 is 0 Å². The molecule has 106 valence electrons. The van der Waals surface area contributed by atoms with E-state index in [0.717, 1.165) is 11.3 Å². The number of nitrogens with one attached hydrogen (secondary N) is 1. The van der Waals surface area contributed by atoms with E-state index < -0.39 is 6.29 Å². The molecule has 0 aliphatic heterocycles. The maximum absolute atomic E-state index is 11.5. The average molecular weight is 267 g/mol. The Morgan fingerprint density at radius 3 is 2.68 bits per heavy atom.